The van der Waals surface area contributed by atoms with Crippen LogP contribution in [0.15, 0.2) is 128 Å². The van der Waals surface area contributed by atoms with Crippen LogP contribution in [0.3, 0.4) is 0 Å². The molecule has 0 saturated heterocycles. The Balaban J connectivity index is 1.18. The molecule has 2 heterocycles. The lowest BCUT2D eigenvalue weighted by Crippen LogP contribution is -2.30. The van der Waals surface area contributed by atoms with Gasteiger partial charge in [-0.1, -0.05) is 74.5 Å². The standard InChI is InChI=1S/C39H34O9/c1-3-25(2)37(40)46-24-45-32(22-43-30-14-16-35-28(18-30)20-33(38(41)47-35)26-10-6-4-7-11-26)23-44-31-15-17-36-29(19-31)21-34(39(42)48-36)27-12-8-5-9-13-27/h4-21,25,32H,3,22-24H2,1-2H3. The Morgan fingerprint density at radius 2 is 1.15 bits per heavy atom. The zero-order valence-corrected chi connectivity index (χ0v) is 26.5. The Labute approximate surface area is 276 Å². The van der Waals surface area contributed by atoms with Crippen LogP contribution in [0.5, 0.6) is 11.5 Å². The van der Waals surface area contributed by atoms with E-state index in [1.807, 2.05) is 67.6 Å². The van der Waals surface area contributed by atoms with Crippen molar-refractivity contribution in [3.63, 3.8) is 0 Å². The lowest BCUT2D eigenvalue weighted by molar-refractivity contribution is -0.168. The lowest BCUT2D eigenvalue weighted by atomic mass is 10.1. The molecule has 9 heteroatoms. The molecule has 0 spiro atoms. The Hall–Kier alpha value is -5.67. The zero-order chi connectivity index (χ0) is 33.5. The first-order valence-electron chi connectivity index (χ1n) is 15.7. The van der Waals surface area contributed by atoms with Crippen LogP contribution in [0.2, 0.25) is 0 Å². The van der Waals surface area contributed by atoms with Crippen molar-refractivity contribution in [3.05, 3.63) is 130 Å². The predicted molar refractivity (Wildman–Crippen MR) is 182 cm³/mol. The van der Waals surface area contributed by atoms with Gasteiger partial charge in [0.2, 0.25) is 0 Å². The minimum absolute atomic E-state index is 0.0648. The Bertz CT molecular complexity index is 1990. The number of carbonyl (C=O) groups excluding carboxylic acids is 1. The van der Waals surface area contributed by atoms with Crippen LogP contribution in [0, 0.1) is 5.92 Å². The van der Waals surface area contributed by atoms with Gasteiger partial charge in [0.15, 0.2) is 6.79 Å². The number of benzene rings is 4. The predicted octanol–water partition coefficient (Wildman–Crippen LogP) is 7.62. The number of hydrogen-bond acceptors (Lipinski definition) is 9. The Morgan fingerprint density at radius 3 is 1.60 bits per heavy atom. The second kappa shape index (κ2) is 14.8. The van der Waals surface area contributed by atoms with Gasteiger partial charge in [-0.3, -0.25) is 4.79 Å². The van der Waals surface area contributed by atoms with E-state index in [1.54, 1.807) is 55.5 Å². The molecule has 0 aliphatic heterocycles. The largest absolute Gasteiger partial charge is 0.491 e. The van der Waals surface area contributed by atoms with Gasteiger partial charge in [-0.15, -0.1) is 0 Å². The molecule has 4 aromatic carbocycles. The van der Waals surface area contributed by atoms with Gasteiger partial charge in [-0.2, -0.15) is 0 Å². The third-order valence-electron chi connectivity index (χ3n) is 7.97. The molecule has 0 saturated carbocycles. The molecule has 9 nitrogen and oxygen atoms in total. The van der Waals surface area contributed by atoms with E-state index in [2.05, 4.69) is 0 Å². The van der Waals surface area contributed by atoms with Gasteiger partial charge in [0, 0.05) is 10.8 Å². The van der Waals surface area contributed by atoms with E-state index in [0.29, 0.717) is 51.0 Å². The van der Waals surface area contributed by atoms with Crippen LogP contribution in [0.25, 0.3) is 44.2 Å². The van der Waals surface area contributed by atoms with Crippen molar-refractivity contribution in [3.8, 4) is 33.8 Å². The number of fused-ring (bicyclic) bond motifs is 2. The van der Waals surface area contributed by atoms with Gasteiger partial charge >= 0.3 is 17.2 Å². The molecule has 0 amide bonds. The van der Waals surface area contributed by atoms with E-state index in [0.717, 1.165) is 11.1 Å². The summed E-state index contributed by atoms with van der Waals surface area (Å²) in [5.41, 5.74) is 2.42. The van der Waals surface area contributed by atoms with E-state index < -0.39 is 17.4 Å². The minimum atomic E-state index is -0.636. The van der Waals surface area contributed by atoms with Crippen molar-refractivity contribution in [1.29, 1.82) is 0 Å². The molecule has 6 rings (SSSR count). The van der Waals surface area contributed by atoms with E-state index in [1.165, 1.54) is 0 Å². The van der Waals surface area contributed by atoms with Crippen LogP contribution in [-0.4, -0.2) is 32.1 Å². The number of hydrogen-bond donors (Lipinski definition) is 0. The molecule has 1 unspecified atom stereocenters. The quantitative estimate of drug-likeness (QED) is 0.0710. The van der Waals surface area contributed by atoms with Crippen molar-refractivity contribution in [2.24, 2.45) is 5.92 Å². The molecule has 0 bridgehead atoms. The Kier molecular flexibility index (Phi) is 9.97. The number of esters is 1. The fourth-order valence-corrected chi connectivity index (χ4v) is 5.04. The van der Waals surface area contributed by atoms with Crippen LogP contribution >= 0.6 is 0 Å². The van der Waals surface area contributed by atoms with Crippen molar-refractivity contribution < 1.29 is 32.6 Å². The summed E-state index contributed by atoms with van der Waals surface area (Å²) in [5.74, 6) is 0.439. The molecule has 1 atom stereocenters. The van der Waals surface area contributed by atoms with Crippen molar-refractivity contribution in [2.45, 2.75) is 26.4 Å². The van der Waals surface area contributed by atoms with Crippen LogP contribution < -0.4 is 20.7 Å². The summed E-state index contributed by atoms with van der Waals surface area (Å²) in [5, 5.41) is 1.39. The maximum Gasteiger partial charge on any atom is 0.344 e. The summed E-state index contributed by atoms with van der Waals surface area (Å²) in [6, 6.07) is 32.5. The van der Waals surface area contributed by atoms with Gasteiger partial charge in [-0.25, -0.2) is 9.59 Å². The molecule has 2 aromatic heterocycles. The molecule has 0 fully saturated rings. The van der Waals surface area contributed by atoms with Crippen LogP contribution in [0.1, 0.15) is 20.3 Å². The summed E-state index contributed by atoms with van der Waals surface area (Å²) in [4.78, 5) is 37.5. The molecule has 0 radical (unpaired) electrons. The fourth-order valence-electron chi connectivity index (χ4n) is 5.04. The SMILES string of the molecule is CCC(C)C(=O)OCOC(COc1ccc2oc(=O)c(-c3ccccc3)cc2c1)COc1ccc2oc(=O)c(-c3ccccc3)cc2c1. The van der Waals surface area contributed by atoms with Crippen molar-refractivity contribution >= 4 is 27.9 Å². The van der Waals surface area contributed by atoms with Gasteiger partial charge in [-0.05, 0) is 66.1 Å². The molecule has 0 aliphatic rings. The number of rotatable bonds is 13. The van der Waals surface area contributed by atoms with E-state index in [9.17, 15) is 14.4 Å². The monoisotopic (exact) mass is 646 g/mol. The van der Waals surface area contributed by atoms with E-state index in [-0.39, 0.29) is 31.9 Å². The lowest BCUT2D eigenvalue weighted by Gasteiger charge is -2.20. The topological polar surface area (TPSA) is 114 Å². The van der Waals surface area contributed by atoms with E-state index in [4.69, 9.17) is 27.8 Å². The summed E-state index contributed by atoms with van der Waals surface area (Å²) in [7, 11) is 0. The normalized spacial score (nSPS) is 11.9. The maximum atomic E-state index is 12.6. The highest BCUT2D eigenvalue weighted by atomic mass is 16.7. The summed E-state index contributed by atoms with van der Waals surface area (Å²) in [6.07, 6.45) is 0.0136. The third-order valence-corrected chi connectivity index (χ3v) is 7.97. The molecular formula is C39H34O9. The molecule has 0 aliphatic carbocycles. The molecular weight excluding hydrogens is 612 g/mol. The highest BCUT2D eigenvalue weighted by Gasteiger charge is 2.17. The second-order valence-corrected chi connectivity index (χ2v) is 11.3. The first-order chi connectivity index (χ1) is 23.4. The van der Waals surface area contributed by atoms with Gasteiger partial charge in [0.25, 0.3) is 0 Å². The first kappa shape index (κ1) is 32.3. The zero-order valence-electron chi connectivity index (χ0n) is 26.5. The number of ether oxygens (including phenoxy) is 4. The first-order valence-corrected chi connectivity index (χ1v) is 15.7. The number of carbonyl (C=O) groups is 1. The van der Waals surface area contributed by atoms with Crippen LogP contribution in [0.4, 0.5) is 0 Å². The highest BCUT2D eigenvalue weighted by molar-refractivity contribution is 5.84. The third kappa shape index (κ3) is 7.65. The molecule has 244 valence electrons. The summed E-state index contributed by atoms with van der Waals surface area (Å²) < 4.78 is 34.5. The van der Waals surface area contributed by atoms with Gasteiger partial charge < -0.3 is 27.8 Å². The fraction of sp³-hybridized carbons (Fsp3) is 0.205. The van der Waals surface area contributed by atoms with Gasteiger partial charge in [0.1, 0.15) is 42.0 Å². The maximum absolute atomic E-state index is 12.6. The smallest absolute Gasteiger partial charge is 0.344 e. The molecule has 48 heavy (non-hydrogen) atoms. The average molecular weight is 647 g/mol. The summed E-state index contributed by atoms with van der Waals surface area (Å²) in [6.45, 7) is 3.56. The van der Waals surface area contributed by atoms with Crippen molar-refractivity contribution in [2.75, 3.05) is 20.0 Å². The highest BCUT2D eigenvalue weighted by Crippen LogP contribution is 2.26. The van der Waals surface area contributed by atoms with Gasteiger partial charge in [0.05, 0.1) is 17.0 Å². The van der Waals surface area contributed by atoms with E-state index >= 15 is 0 Å². The second-order valence-electron chi connectivity index (χ2n) is 11.3. The molecule has 0 N–H and O–H groups in total. The van der Waals surface area contributed by atoms with Crippen molar-refractivity contribution in [1.82, 2.24) is 0 Å². The minimum Gasteiger partial charge on any atom is -0.491 e. The van der Waals surface area contributed by atoms with Crippen LogP contribution in [-0.2, 0) is 14.3 Å². The molecule has 6 aromatic rings. The summed E-state index contributed by atoms with van der Waals surface area (Å²) >= 11 is 0. The Morgan fingerprint density at radius 1 is 0.667 bits per heavy atom. The average Bonchev–Trinajstić information content (AvgIpc) is 3.12.